The molecule has 1 N–H and O–H groups in total. The summed E-state index contributed by atoms with van der Waals surface area (Å²) in [5.41, 5.74) is -0.710. The number of amides is 1. The first-order valence-electron chi connectivity index (χ1n) is 9.91. The third-order valence-corrected chi connectivity index (χ3v) is 7.53. The predicted octanol–water partition coefficient (Wildman–Crippen LogP) is 2.05. The molecule has 2 aliphatic heterocycles. The van der Waals surface area contributed by atoms with Gasteiger partial charge in [0.05, 0.1) is 23.7 Å². The first-order valence-corrected chi connectivity index (χ1v) is 11.4. The molecule has 1 amide bonds. The number of sulfonamides is 1. The van der Waals surface area contributed by atoms with E-state index in [4.69, 9.17) is 9.84 Å². The van der Waals surface area contributed by atoms with Crippen LogP contribution in [0.5, 0.6) is 0 Å². The molecule has 180 valence electrons. The summed E-state index contributed by atoms with van der Waals surface area (Å²) in [7, 11) is -3.91. The fourth-order valence-corrected chi connectivity index (χ4v) is 5.33. The molecule has 2 aliphatic rings. The average molecular weight is 484 g/mol. The molecule has 0 radical (unpaired) electrons. The number of aliphatic hydroxyl groups is 1. The fraction of sp³-hybridized carbons (Fsp3) is 0.632. The number of carbonyl (C=O) groups excluding carboxylic acids is 1. The molecule has 32 heavy (non-hydrogen) atoms. The minimum absolute atomic E-state index is 0.00160. The Morgan fingerprint density at radius 2 is 1.94 bits per heavy atom. The van der Waals surface area contributed by atoms with Gasteiger partial charge in [-0.05, 0) is 43.5 Å². The molecule has 1 aromatic carbocycles. The van der Waals surface area contributed by atoms with Crippen molar-refractivity contribution in [1.29, 1.82) is 0 Å². The molecule has 2 heterocycles. The van der Waals surface area contributed by atoms with Crippen molar-refractivity contribution in [3.8, 4) is 0 Å². The number of morpholine rings is 1. The van der Waals surface area contributed by atoms with Crippen LogP contribution in [-0.2, 0) is 19.5 Å². The van der Waals surface area contributed by atoms with Gasteiger partial charge < -0.3 is 19.5 Å². The standard InChI is InChI=1S/C19H24F4N2O6S/c1-13-10-14(2-3-15(13)20)32(28,29)25-8-9-30-18(12-25)4-6-24(7-5-18)17(27)31-16(11-26)19(21,22)23/h2-3,10,16,26H,4-9,11-12H2,1H3/t16-/m1/s1. The highest BCUT2D eigenvalue weighted by atomic mass is 32.2. The van der Waals surface area contributed by atoms with E-state index in [1.807, 2.05) is 0 Å². The van der Waals surface area contributed by atoms with Crippen LogP contribution in [0.1, 0.15) is 18.4 Å². The van der Waals surface area contributed by atoms with E-state index in [9.17, 15) is 30.8 Å². The predicted molar refractivity (Wildman–Crippen MR) is 103 cm³/mol. The fourth-order valence-electron chi connectivity index (χ4n) is 3.75. The van der Waals surface area contributed by atoms with Crippen LogP contribution in [0.15, 0.2) is 23.1 Å². The number of ether oxygens (including phenoxy) is 2. The number of benzene rings is 1. The van der Waals surface area contributed by atoms with E-state index in [0.29, 0.717) is 0 Å². The van der Waals surface area contributed by atoms with E-state index in [-0.39, 0.29) is 56.1 Å². The number of likely N-dealkylation sites (tertiary alicyclic amines) is 1. The molecule has 8 nitrogen and oxygen atoms in total. The maximum absolute atomic E-state index is 13.5. The number of nitrogens with zero attached hydrogens (tertiary/aromatic N) is 2. The summed E-state index contributed by atoms with van der Waals surface area (Å²) < 4.78 is 89.2. The molecule has 0 unspecified atom stereocenters. The molecule has 1 aromatic rings. The number of halogens is 4. The van der Waals surface area contributed by atoms with Crippen LogP contribution in [0.4, 0.5) is 22.4 Å². The van der Waals surface area contributed by atoms with Gasteiger partial charge in [-0.1, -0.05) is 0 Å². The highest BCUT2D eigenvalue weighted by molar-refractivity contribution is 7.89. The van der Waals surface area contributed by atoms with Crippen molar-refractivity contribution < 1.29 is 45.4 Å². The third kappa shape index (κ3) is 5.16. The van der Waals surface area contributed by atoms with Crippen molar-refractivity contribution in [3.63, 3.8) is 0 Å². The van der Waals surface area contributed by atoms with Crippen molar-refractivity contribution in [1.82, 2.24) is 9.21 Å². The Morgan fingerprint density at radius 1 is 1.28 bits per heavy atom. The Bertz CT molecular complexity index is 948. The second kappa shape index (κ2) is 9.12. The lowest BCUT2D eigenvalue weighted by atomic mass is 9.90. The van der Waals surface area contributed by atoms with Gasteiger partial charge in [0, 0.05) is 26.2 Å². The summed E-state index contributed by atoms with van der Waals surface area (Å²) in [6.07, 6.45) is -8.34. The van der Waals surface area contributed by atoms with Crippen molar-refractivity contribution in [2.75, 3.05) is 39.4 Å². The first-order chi connectivity index (χ1) is 14.9. The van der Waals surface area contributed by atoms with E-state index in [2.05, 4.69) is 4.74 Å². The zero-order chi connectivity index (χ0) is 23.7. The summed E-state index contributed by atoms with van der Waals surface area (Å²) in [4.78, 5) is 13.1. The van der Waals surface area contributed by atoms with Crippen LogP contribution >= 0.6 is 0 Å². The summed E-state index contributed by atoms with van der Waals surface area (Å²) in [5.74, 6) is -0.518. The van der Waals surface area contributed by atoms with Gasteiger partial charge in [-0.15, -0.1) is 0 Å². The zero-order valence-corrected chi connectivity index (χ0v) is 18.1. The first kappa shape index (κ1) is 24.7. The molecule has 0 bridgehead atoms. The molecule has 2 fully saturated rings. The van der Waals surface area contributed by atoms with Gasteiger partial charge in [-0.25, -0.2) is 17.6 Å². The quantitative estimate of drug-likeness (QED) is 0.658. The third-order valence-electron chi connectivity index (χ3n) is 5.69. The van der Waals surface area contributed by atoms with Gasteiger partial charge in [0.25, 0.3) is 0 Å². The van der Waals surface area contributed by atoms with Gasteiger partial charge in [-0.2, -0.15) is 17.5 Å². The molecule has 0 saturated carbocycles. The highest BCUT2D eigenvalue weighted by Gasteiger charge is 2.46. The molecule has 0 aliphatic carbocycles. The molecule has 0 aromatic heterocycles. The number of aliphatic hydroxyl groups excluding tert-OH is 1. The Balaban J connectivity index is 1.65. The normalized spacial score (nSPS) is 20.9. The molecule has 1 atom stereocenters. The van der Waals surface area contributed by atoms with Crippen LogP contribution < -0.4 is 0 Å². The second-order valence-corrected chi connectivity index (χ2v) is 9.80. The minimum Gasteiger partial charge on any atom is -0.434 e. The lowest BCUT2D eigenvalue weighted by Crippen LogP contribution is -2.58. The summed E-state index contributed by atoms with van der Waals surface area (Å²) in [6, 6.07) is 3.53. The molecule has 2 saturated heterocycles. The van der Waals surface area contributed by atoms with Crippen LogP contribution in [0.2, 0.25) is 0 Å². The lowest BCUT2D eigenvalue weighted by Gasteiger charge is -2.46. The van der Waals surface area contributed by atoms with E-state index in [1.165, 1.54) is 23.4 Å². The van der Waals surface area contributed by atoms with Gasteiger partial charge in [0.15, 0.2) is 0 Å². The largest absolute Gasteiger partial charge is 0.434 e. The summed E-state index contributed by atoms with van der Waals surface area (Å²) >= 11 is 0. The second-order valence-electron chi connectivity index (χ2n) is 7.86. The van der Waals surface area contributed by atoms with Crippen LogP contribution in [0, 0.1) is 12.7 Å². The number of alkyl halides is 3. The SMILES string of the molecule is Cc1cc(S(=O)(=O)N2CCOC3(CCN(C(=O)O[C@H](CO)C(F)(F)F)CC3)C2)ccc1F. The lowest BCUT2D eigenvalue weighted by molar-refractivity contribution is -0.215. The highest BCUT2D eigenvalue weighted by Crippen LogP contribution is 2.33. The van der Waals surface area contributed by atoms with E-state index in [0.717, 1.165) is 11.0 Å². The zero-order valence-electron chi connectivity index (χ0n) is 17.3. The number of aryl methyl sites for hydroxylation is 1. The number of carbonyl (C=O) groups is 1. The van der Waals surface area contributed by atoms with Gasteiger partial charge >= 0.3 is 12.3 Å². The smallest absolute Gasteiger partial charge is 0.427 e. The van der Waals surface area contributed by atoms with Gasteiger partial charge in [0.2, 0.25) is 16.1 Å². The maximum atomic E-state index is 13.5. The van der Waals surface area contributed by atoms with Gasteiger partial charge in [0.1, 0.15) is 5.82 Å². The van der Waals surface area contributed by atoms with Gasteiger partial charge in [-0.3, -0.25) is 0 Å². The number of rotatable bonds is 4. The summed E-state index contributed by atoms with van der Waals surface area (Å²) in [6.45, 7) is 0.268. The molecule has 3 rings (SSSR count). The van der Waals surface area contributed by atoms with E-state index >= 15 is 0 Å². The molecular weight excluding hydrogens is 460 g/mol. The van der Waals surface area contributed by atoms with Crippen molar-refractivity contribution in [2.24, 2.45) is 0 Å². The van der Waals surface area contributed by atoms with Crippen LogP contribution in [0.3, 0.4) is 0 Å². The van der Waals surface area contributed by atoms with Crippen LogP contribution in [-0.4, -0.2) is 86.1 Å². The molecule has 13 heteroatoms. The Morgan fingerprint density at radius 3 is 2.50 bits per heavy atom. The molecule has 1 spiro atoms. The Hall–Kier alpha value is -1.96. The van der Waals surface area contributed by atoms with Crippen molar-refractivity contribution in [3.05, 3.63) is 29.6 Å². The minimum atomic E-state index is -4.89. The molecular formula is C19H24F4N2O6S. The number of hydrogen-bond donors (Lipinski definition) is 1. The van der Waals surface area contributed by atoms with E-state index < -0.39 is 46.4 Å². The maximum Gasteiger partial charge on any atom is 0.427 e. The number of hydrogen-bond acceptors (Lipinski definition) is 6. The topological polar surface area (TPSA) is 96.4 Å². The van der Waals surface area contributed by atoms with Crippen molar-refractivity contribution in [2.45, 2.75) is 42.5 Å². The Labute approximate surface area is 182 Å². The van der Waals surface area contributed by atoms with E-state index in [1.54, 1.807) is 0 Å². The van der Waals surface area contributed by atoms with Crippen molar-refractivity contribution >= 4 is 16.1 Å². The Kier molecular flexibility index (Phi) is 7.03. The number of piperidine rings is 1. The summed E-state index contributed by atoms with van der Waals surface area (Å²) in [5, 5.41) is 8.82. The monoisotopic (exact) mass is 484 g/mol. The average Bonchev–Trinajstić information content (AvgIpc) is 2.73. The van der Waals surface area contributed by atoms with Crippen LogP contribution in [0.25, 0.3) is 0 Å².